The van der Waals surface area contributed by atoms with Crippen molar-refractivity contribution in [2.24, 2.45) is 0 Å². The molecule has 666 valence electrons. The summed E-state index contributed by atoms with van der Waals surface area (Å²) in [6.07, 6.45) is 12.8. The number of rotatable bonds is 18. The second-order valence-electron chi connectivity index (χ2n) is 34.2. The molecule has 142 heavy (non-hydrogen) atoms. The van der Waals surface area contributed by atoms with Crippen molar-refractivity contribution in [3.63, 3.8) is 0 Å². The molecule has 9 heterocycles. The van der Waals surface area contributed by atoms with E-state index < -0.39 is 0 Å². The molecular weight excluding hydrogens is 1740 g/mol. The van der Waals surface area contributed by atoms with Gasteiger partial charge < -0.3 is 0 Å². The van der Waals surface area contributed by atoms with Gasteiger partial charge in [-0.2, -0.15) is 0 Å². The second-order valence-corrected chi connectivity index (χ2v) is 34.2. The Kier molecular flexibility index (Phi) is 24.3. The van der Waals surface area contributed by atoms with Crippen LogP contribution in [0.4, 0.5) is 0 Å². The molecule has 25 rings (SSSR count). The van der Waals surface area contributed by atoms with Crippen LogP contribution in [0.5, 0.6) is 0 Å². The van der Waals surface area contributed by atoms with Gasteiger partial charge in [0.05, 0.1) is 27.9 Å². The summed E-state index contributed by atoms with van der Waals surface area (Å²) in [5, 5.41) is 5.71. The fourth-order valence-electron chi connectivity index (χ4n) is 18.0. The van der Waals surface area contributed by atoms with Crippen molar-refractivity contribution in [2.45, 2.75) is 0 Å². The van der Waals surface area contributed by atoms with Gasteiger partial charge in [-0.25, -0.2) is 44.9 Å². The topological polar surface area (TPSA) is 193 Å². The summed E-state index contributed by atoms with van der Waals surface area (Å²) in [5.41, 5.74) is 30.4. The first-order chi connectivity index (χ1) is 70.3. The number of pyridine rings is 6. The van der Waals surface area contributed by atoms with Crippen molar-refractivity contribution in [1.82, 2.24) is 74.8 Å². The van der Waals surface area contributed by atoms with E-state index in [4.69, 9.17) is 44.9 Å². The van der Waals surface area contributed by atoms with Crippen LogP contribution in [0.15, 0.2) is 504 Å². The third-order valence-corrected chi connectivity index (χ3v) is 25.2. The van der Waals surface area contributed by atoms with Gasteiger partial charge >= 0.3 is 0 Å². The lowest BCUT2D eigenvalue weighted by Gasteiger charge is -2.11. The van der Waals surface area contributed by atoms with Crippen LogP contribution in [-0.4, -0.2) is 74.8 Å². The molecule has 0 radical (unpaired) electrons. The number of hydrogen-bond acceptors (Lipinski definition) is 15. The summed E-state index contributed by atoms with van der Waals surface area (Å²) in [6, 6.07) is 157. The minimum atomic E-state index is 0.566. The van der Waals surface area contributed by atoms with E-state index in [2.05, 4.69) is 351 Å². The third-order valence-electron chi connectivity index (χ3n) is 25.2. The Morgan fingerprint density at radius 1 is 0.127 bits per heavy atom. The Hall–Kier alpha value is -19.5. The molecule has 0 bridgehead atoms. The molecule has 0 spiro atoms. The molecule has 15 heteroatoms. The van der Waals surface area contributed by atoms with E-state index in [0.717, 1.165) is 183 Å². The van der Waals surface area contributed by atoms with Gasteiger partial charge in [0, 0.05) is 126 Å². The standard InChI is InChI=1S/C45H29N5.C42H28N4.C40H26N6/c1-2-9-30(10-3-1)31-18-22-34(23-19-31)43-48-44(35-24-20-33(21-25-35)39-15-7-17-42-41(39)16-8-26-47-42)50-45(49-43)37-27-36(28-46-29-37)40-14-6-12-32-11-4-5-13-38(32)40;1-3-11-29(12-4-1)33-15-7-17-35(27-33)41-44-40(45-42(46-41)36-18-8-16-34(28-36)30-13-5-2-6-14-30)32-24-22-31(23-25-32)37-19-9-21-39-38(37)20-10-26-43-39;1-3-22-41-35(15-1)29-9-5-11-31(25-29)39-44-38(45-40(46-39)32-12-6-10-30(26-32)36-16-2-4-23-42-36)28-20-18-27(19-21-28)33-13-7-17-37-34(33)14-8-24-43-37/h1-29H;1-28H;1-26H. The van der Waals surface area contributed by atoms with E-state index >= 15 is 0 Å². The molecule has 0 aliphatic carbocycles. The maximum Gasteiger partial charge on any atom is 0.165 e. The Labute approximate surface area is 820 Å². The Balaban J connectivity index is 0.000000119. The van der Waals surface area contributed by atoms with Gasteiger partial charge in [-0.1, -0.05) is 370 Å². The van der Waals surface area contributed by atoms with Crippen molar-refractivity contribution in [3.05, 3.63) is 504 Å². The summed E-state index contributed by atoms with van der Waals surface area (Å²) in [5.74, 6) is 5.42. The molecule has 0 aliphatic heterocycles. The SMILES string of the molecule is c1ccc(-c2ccc(-c3nc(-c4ccc(-c5cccc6ncccc56)cc4)nc(-c4cncc(-c5cccc6ccccc56)c4)n3)cc2)cc1.c1ccc(-c2cccc(-c3nc(-c4ccc(-c5cccc6ncccc56)cc4)nc(-c4cccc(-c5ccccc5)c4)n3)c2)cc1.c1ccc(-c2cccc(-c3nc(-c4ccc(-c5cccc6ncccc56)cc4)nc(-c4cccc(-c5ccccn5)c4)n3)c2)nc1. The smallest absolute Gasteiger partial charge is 0.165 e. The minimum Gasteiger partial charge on any atom is -0.263 e. The molecule has 0 saturated heterocycles. The van der Waals surface area contributed by atoms with Gasteiger partial charge in [0.2, 0.25) is 0 Å². The molecule has 15 nitrogen and oxygen atoms in total. The van der Waals surface area contributed by atoms with E-state index in [1.165, 1.54) is 10.8 Å². The monoisotopic (exact) mass is 1820 g/mol. The number of fused-ring (bicyclic) bond motifs is 4. The quantitative estimate of drug-likeness (QED) is 0.0787. The van der Waals surface area contributed by atoms with Gasteiger partial charge in [0.25, 0.3) is 0 Å². The average Bonchev–Trinajstić information content (AvgIpc) is 0.790. The lowest BCUT2D eigenvalue weighted by atomic mass is 9.98. The van der Waals surface area contributed by atoms with Crippen molar-refractivity contribution in [1.29, 1.82) is 0 Å². The summed E-state index contributed by atoms with van der Waals surface area (Å²) in [7, 11) is 0. The first-order valence-electron chi connectivity index (χ1n) is 46.9. The average molecular weight is 1820 g/mol. The number of hydrogen-bond donors (Lipinski definition) is 0. The van der Waals surface area contributed by atoms with Crippen LogP contribution in [-0.2, 0) is 0 Å². The lowest BCUT2D eigenvalue weighted by Crippen LogP contribution is -2.00. The molecule has 9 aromatic heterocycles. The highest BCUT2D eigenvalue weighted by atomic mass is 15.1. The van der Waals surface area contributed by atoms with Crippen LogP contribution in [0.1, 0.15) is 0 Å². The summed E-state index contributed by atoms with van der Waals surface area (Å²) in [6.45, 7) is 0. The van der Waals surface area contributed by atoms with Gasteiger partial charge in [0.15, 0.2) is 52.4 Å². The fourth-order valence-corrected chi connectivity index (χ4v) is 18.0. The zero-order chi connectivity index (χ0) is 94.7. The molecule has 25 aromatic rings. The van der Waals surface area contributed by atoms with Crippen molar-refractivity contribution < 1.29 is 0 Å². The molecule has 0 N–H and O–H groups in total. The highest BCUT2D eigenvalue weighted by Gasteiger charge is 2.22. The van der Waals surface area contributed by atoms with E-state index in [-0.39, 0.29) is 0 Å². The molecule has 0 atom stereocenters. The predicted molar refractivity (Wildman–Crippen MR) is 574 cm³/mol. The van der Waals surface area contributed by atoms with Crippen molar-refractivity contribution in [2.75, 3.05) is 0 Å². The van der Waals surface area contributed by atoms with Gasteiger partial charge in [-0.3, -0.25) is 29.9 Å². The largest absolute Gasteiger partial charge is 0.263 e. The van der Waals surface area contributed by atoms with Crippen LogP contribution in [0.25, 0.3) is 246 Å². The number of nitrogens with zero attached hydrogens (tertiary/aromatic N) is 15. The van der Waals surface area contributed by atoms with Gasteiger partial charge in [0.1, 0.15) is 0 Å². The maximum atomic E-state index is 5.04. The first kappa shape index (κ1) is 86.6. The number of benzene rings is 16. The van der Waals surface area contributed by atoms with Crippen LogP contribution >= 0.6 is 0 Å². The minimum absolute atomic E-state index is 0.566. The Bertz CT molecular complexity index is 8320. The summed E-state index contributed by atoms with van der Waals surface area (Å²) in [4.78, 5) is 72.5. The highest BCUT2D eigenvalue weighted by molar-refractivity contribution is 5.99. The molecule has 0 amide bonds. The van der Waals surface area contributed by atoms with Gasteiger partial charge in [-0.05, 0) is 174 Å². The van der Waals surface area contributed by atoms with E-state index in [9.17, 15) is 0 Å². The zero-order valence-electron chi connectivity index (χ0n) is 76.6. The van der Waals surface area contributed by atoms with Crippen LogP contribution < -0.4 is 0 Å². The first-order valence-corrected chi connectivity index (χ1v) is 46.9. The highest BCUT2D eigenvalue weighted by Crippen LogP contribution is 2.40. The van der Waals surface area contributed by atoms with E-state index in [0.29, 0.717) is 52.4 Å². The summed E-state index contributed by atoms with van der Waals surface area (Å²) < 4.78 is 0. The van der Waals surface area contributed by atoms with E-state index in [1.807, 2.05) is 171 Å². The normalized spacial score (nSPS) is 11.1. The van der Waals surface area contributed by atoms with E-state index in [1.54, 1.807) is 12.4 Å². The molecule has 16 aromatic carbocycles. The fraction of sp³-hybridized carbons (Fsp3) is 0. The van der Waals surface area contributed by atoms with Crippen LogP contribution in [0.2, 0.25) is 0 Å². The number of aromatic nitrogens is 15. The van der Waals surface area contributed by atoms with Crippen molar-refractivity contribution in [3.8, 4) is 203 Å². The lowest BCUT2D eigenvalue weighted by molar-refractivity contribution is 1.07. The Morgan fingerprint density at radius 3 is 0.739 bits per heavy atom. The zero-order valence-corrected chi connectivity index (χ0v) is 76.6. The van der Waals surface area contributed by atoms with Crippen LogP contribution in [0.3, 0.4) is 0 Å². The Morgan fingerprint density at radius 2 is 0.366 bits per heavy atom. The molecular formula is C127H83N15. The maximum absolute atomic E-state index is 5.04. The molecule has 0 unspecified atom stereocenters. The molecule has 0 aliphatic rings. The van der Waals surface area contributed by atoms with Crippen LogP contribution in [0, 0.1) is 0 Å². The molecule has 0 saturated carbocycles. The van der Waals surface area contributed by atoms with Gasteiger partial charge in [-0.15, -0.1) is 0 Å². The second kappa shape index (κ2) is 39.8. The van der Waals surface area contributed by atoms with Crippen molar-refractivity contribution >= 4 is 43.5 Å². The summed E-state index contributed by atoms with van der Waals surface area (Å²) >= 11 is 0. The third kappa shape index (κ3) is 18.8. The molecule has 0 fully saturated rings. The predicted octanol–water partition coefficient (Wildman–Crippen LogP) is 30.6.